The van der Waals surface area contributed by atoms with Gasteiger partial charge in [0, 0.05) is 18.9 Å². The van der Waals surface area contributed by atoms with Crippen molar-refractivity contribution in [2.75, 3.05) is 6.54 Å². The monoisotopic (exact) mass is 499 g/mol. The van der Waals surface area contributed by atoms with Crippen LogP contribution in [0.1, 0.15) is 26.3 Å². The van der Waals surface area contributed by atoms with Crippen molar-refractivity contribution in [3.8, 4) is 0 Å². The highest BCUT2D eigenvalue weighted by atomic mass is 127. The lowest BCUT2D eigenvalue weighted by Crippen LogP contribution is -2.27. The third kappa shape index (κ3) is 4.83. The fraction of sp³-hybridized carbons (Fsp3) is 0.462. The van der Waals surface area contributed by atoms with Gasteiger partial charge in [0.2, 0.25) is 0 Å². The van der Waals surface area contributed by atoms with Gasteiger partial charge in [0.15, 0.2) is 0 Å². The van der Waals surface area contributed by atoms with E-state index in [1.165, 1.54) is 0 Å². The minimum Gasteiger partial charge on any atom is -0.287 e. The number of halogens is 2. The first kappa shape index (κ1) is 17.6. The van der Waals surface area contributed by atoms with E-state index in [0.717, 1.165) is 7.14 Å². The molecule has 0 spiro atoms. The Morgan fingerprint density at radius 2 is 1.90 bits per heavy atom. The van der Waals surface area contributed by atoms with Gasteiger partial charge in [-0.3, -0.25) is 4.99 Å². The molecule has 1 rings (SSSR count). The summed E-state index contributed by atoms with van der Waals surface area (Å²) in [6.45, 7) is 6.11. The fourth-order valence-electron chi connectivity index (χ4n) is 1.57. The molecule has 0 aliphatic heterocycles. The SMILES string of the molecule is CC(C)(C)[C@@H](CN=O)/N=C/c1cc(I)cc(I)c1N=O. The van der Waals surface area contributed by atoms with E-state index in [9.17, 15) is 9.81 Å². The summed E-state index contributed by atoms with van der Waals surface area (Å²) < 4.78 is 1.79. The molecule has 0 saturated carbocycles. The van der Waals surface area contributed by atoms with Crippen LogP contribution in [-0.4, -0.2) is 18.8 Å². The molecule has 108 valence electrons. The molecule has 0 fully saturated rings. The van der Waals surface area contributed by atoms with Crippen LogP contribution in [-0.2, 0) is 0 Å². The van der Waals surface area contributed by atoms with Gasteiger partial charge in [0.05, 0.1) is 6.04 Å². The van der Waals surface area contributed by atoms with E-state index in [1.807, 2.05) is 32.9 Å². The Bertz CT molecular complexity index is 539. The normalized spacial score (nSPS) is 13.4. The predicted octanol–water partition coefficient (Wildman–Crippen LogP) is 4.89. The summed E-state index contributed by atoms with van der Waals surface area (Å²) in [5, 5.41) is 6.00. The second kappa shape index (κ2) is 7.53. The van der Waals surface area contributed by atoms with Crippen LogP contribution in [0.2, 0.25) is 0 Å². The number of hydrogen-bond acceptors (Lipinski definition) is 5. The lowest BCUT2D eigenvalue weighted by atomic mass is 9.87. The van der Waals surface area contributed by atoms with Crippen molar-refractivity contribution >= 4 is 57.1 Å². The summed E-state index contributed by atoms with van der Waals surface area (Å²) in [6, 6.07) is 3.50. The number of hydrogen-bond donors (Lipinski definition) is 0. The molecule has 0 heterocycles. The van der Waals surface area contributed by atoms with Gasteiger partial charge in [-0.15, -0.1) is 4.91 Å². The van der Waals surface area contributed by atoms with Crippen LogP contribution in [0.15, 0.2) is 27.5 Å². The van der Waals surface area contributed by atoms with Gasteiger partial charge in [0.1, 0.15) is 12.2 Å². The molecule has 1 aromatic rings. The van der Waals surface area contributed by atoms with Gasteiger partial charge >= 0.3 is 0 Å². The standard InChI is InChI=1S/C13H15I2N3O2/c1-13(2,3)11(7-17-19)16-6-8-4-9(14)5-10(15)12(8)18-20/h4-6,11H,7H2,1-3H3/b16-6+/t11-/m1/s1. The summed E-state index contributed by atoms with van der Waals surface area (Å²) in [5.41, 5.74) is 0.867. The van der Waals surface area contributed by atoms with E-state index in [4.69, 9.17) is 0 Å². The zero-order valence-corrected chi connectivity index (χ0v) is 15.7. The third-order valence-electron chi connectivity index (χ3n) is 2.79. The number of rotatable bonds is 5. The molecular formula is C13H15I2N3O2. The Labute approximate surface area is 145 Å². The molecule has 0 unspecified atom stereocenters. The maximum Gasteiger partial charge on any atom is 0.130 e. The minimum absolute atomic E-state index is 0.116. The number of nitroso groups, excluding NO2 is 2. The molecule has 7 heteroatoms. The molecule has 1 atom stereocenters. The fourth-order valence-corrected chi connectivity index (χ4v) is 3.55. The van der Waals surface area contributed by atoms with Gasteiger partial charge < -0.3 is 0 Å². The zero-order chi connectivity index (χ0) is 15.3. The van der Waals surface area contributed by atoms with Gasteiger partial charge in [-0.25, -0.2) is 0 Å². The molecule has 0 aromatic heterocycles. The van der Waals surface area contributed by atoms with Crippen molar-refractivity contribution in [3.63, 3.8) is 0 Å². The summed E-state index contributed by atoms with van der Waals surface area (Å²) in [5.74, 6) is 0. The first-order valence-electron chi connectivity index (χ1n) is 5.94. The summed E-state index contributed by atoms with van der Waals surface area (Å²) in [6.07, 6.45) is 1.61. The van der Waals surface area contributed by atoms with E-state index in [1.54, 1.807) is 6.21 Å². The molecule has 0 N–H and O–H groups in total. The molecule has 5 nitrogen and oxygen atoms in total. The summed E-state index contributed by atoms with van der Waals surface area (Å²) in [4.78, 5) is 25.9. The average Bonchev–Trinajstić information content (AvgIpc) is 2.32. The topological polar surface area (TPSA) is 71.2 Å². The lowest BCUT2D eigenvalue weighted by Gasteiger charge is -2.24. The first-order valence-corrected chi connectivity index (χ1v) is 8.10. The number of nitrogens with zero attached hydrogens (tertiary/aromatic N) is 3. The molecule has 0 amide bonds. The summed E-state index contributed by atoms with van der Waals surface area (Å²) in [7, 11) is 0. The van der Waals surface area contributed by atoms with Gasteiger partial charge in [-0.2, -0.15) is 4.91 Å². The molecular weight excluding hydrogens is 484 g/mol. The first-order chi connectivity index (χ1) is 9.29. The maximum absolute atomic E-state index is 10.9. The zero-order valence-electron chi connectivity index (χ0n) is 11.4. The Balaban J connectivity index is 3.16. The van der Waals surface area contributed by atoms with Crippen molar-refractivity contribution in [2.24, 2.45) is 20.8 Å². The Morgan fingerprint density at radius 3 is 2.40 bits per heavy atom. The summed E-state index contributed by atoms with van der Waals surface area (Å²) >= 11 is 4.25. The maximum atomic E-state index is 10.9. The van der Waals surface area contributed by atoms with Crippen LogP contribution < -0.4 is 0 Å². The van der Waals surface area contributed by atoms with Crippen LogP contribution in [0.4, 0.5) is 5.69 Å². The molecule has 0 aliphatic carbocycles. The van der Waals surface area contributed by atoms with Crippen LogP contribution in [0, 0.1) is 22.4 Å². The highest BCUT2D eigenvalue weighted by Crippen LogP contribution is 2.28. The molecule has 20 heavy (non-hydrogen) atoms. The quantitative estimate of drug-likeness (QED) is 0.329. The van der Waals surface area contributed by atoms with E-state index in [-0.39, 0.29) is 18.0 Å². The highest BCUT2D eigenvalue weighted by molar-refractivity contribution is 14.1. The number of benzene rings is 1. The molecule has 0 bridgehead atoms. The van der Waals surface area contributed by atoms with E-state index < -0.39 is 0 Å². The van der Waals surface area contributed by atoms with Crippen LogP contribution in [0.3, 0.4) is 0 Å². The lowest BCUT2D eigenvalue weighted by molar-refractivity contribution is 0.329. The van der Waals surface area contributed by atoms with E-state index in [2.05, 4.69) is 60.5 Å². The second-order valence-corrected chi connectivity index (χ2v) is 7.80. The smallest absolute Gasteiger partial charge is 0.130 e. The minimum atomic E-state index is -0.227. The van der Waals surface area contributed by atoms with Gasteiger partial charge in [-0.1, -0.05) is 25.9 Å². The van der Waals surface area contributed by atoms with Crippen molar-refractivity contribution in [1.29, 1.82) is 0 Å². The highest BCUT2D eigenvalue weighted by Gasteiger charge is 2.24. The number of aliphatic imine (C=N–C) groups is 1. The predicted molar refractivity (Wildman–Crippen MR) is 98.8 cm³/mol. The van der Waals surface area contributed by atoms with Gasteiger partial charge in [-0.05, 0) is 67.9 Å². The van der Waals surface area contributed by atoms with E-state index >= 15 is 0 Å². The van der Waals surface area contributed by atoms with Crippen molar-refractivity contribution in [1.82, 2.24) is 0 Å². The second-order valence-electron chi connectivity index (χ2n) is 5.39. The molecule has 0 saturated heterocycles. The third-order valence-corrected chi connectivity index (χ3v) is 4.23. The van der Waals surface area contributed by atoms with Crippen molar-refractivity contribution in [3.05, 3.63) is 34.7 Å². The Morgan fingerprint density at radius 1 is 1.25 bits per heavy atom. The average molecular weight is 499 g/mol. The van der Waals surface area contributed by atoms with Crippen LogP contribution in [0.25, 0.3) is 0 Å². The van der Waals surface area contributed by atoms with Crippen molar-refractivity contribution in [2.45, 2.75) is 26.8 Å². The molecule has 1 aromatic carbocycles. The van der Waals surface area contributed by atoms with E-state index in [0.29, 0.717) is 11.3 Å². The molecule has 0 aliphatic rings. The largest absolute Gasteiger partial charge is 0.287 e. The Hall–Kier alpha value is -0.450. The molecule has 0 radical (unpaired) electrons. The van der Waals surface area contributed by atoms with Gasteiger partial charge in [0.25, 0.3) is 0 Å². The van der Waals surface area contributed by atoms with Crippen LogP contribution in [0.5, 0.6) is 0 Å². The van der Waals surface area contributed by atoms with Crippen molar-refractivity contribution < 1.29 is 0 Å². The van der Waals surface area contributed by atoms with Crippen LogP contribution >= 0.6 is 45.2 Å². The Kier molecular flexibility index (Phi) is 6.62.